The summed E-state index contributed by atoms with van der Waals surface area (Å²) < 4.78 is 0. The number of pyridine rings is 1. The van der Waals surface area contributed by atoms with Crippen LogP contribution < -0.4 is 10.9 Å². The minimum Gasteiger partial charge on any atom is -0.370 e. The molecule has 2 N–H and O–H groups in total. The summed E-state index contributed by atoms with van der Waals surface area (Å²) in [5, 5.41) is 3.91. The number of anilines is 1. The molecule has 0 saturated heterocycles. The number of halogens is 2. The second-order valence-electron chi connectivity index (χ2n) is 4.26. The standard InChI is InChI=1S/C12H10Cl2N4O/c13-6-4-8(14)9(16-5-6)11-17-10-7(12(19)18-11)2-1-3-15-10/h4-5H,1-3H2,(H2,15,17,18,19). The van der Waals surface area contributed by atoms with E-state index in [1.807, 2.05) is 0 Å². The van der Waals surface area contributed by atoms with Gasteiger partial charge in [0.15, 0.2) is 5.82 Å². The van der Waals surface area contributed by atoms with Gasteiger partial charge < -0.3 is 10.3 Å². The van der Waals surface area contributed by atoms with Crippen LogP contribution in [-0.4, -0.2) is 21.5 Å². The molecular formula is C12H10Cl2N4O. The summed E-state index contributed by atoms with van der Waals surface area (Å²) in [6, 6.07) is 1.57. The predicted molar refractivity (Wildman–Crippen MR) is 74.9 cm³/mol. The van der Waals surface area contributed by atoms with Gasteiger partial charge in [-0.05, 0) is 18.9 Å². The highest BCUT2D eigenvalue weighted by molar-refractivity contribution is 6.35. The molecule has 98 valence electrons. The second kappa shape index (κ2) is 4.83. The molecule has 0 spiro atoms. The van der Waals surface area contributed by atoms with Crippen LogP contribution in [0.2, 0.25) is 10.0 Å². The zero-order valence-corrected chi connectivity index (χ0v) is 11.3. The number of aromatic nitrogens is 3. The average molecular weight is 297 g/mol. The van der Waals surface area contributed by atoms with Crippen LogP contribution in [0.1, 0.15) is 12.0 Å². The van der Waals surface area contributed by atoms with Crippen molar-refractivity contribution in [2.45, 2.75) is 12.8 Å². The van der Waals surface area contributed by atoms with E-state index in [2.05, 4.69) is 20.3 Å². The third-order valence-electron chi connectivity index (χ3n) is 2.94. The molecule has 0 unspecified atom stereocenters. The van der Waals surface area contributed by atoms with Crippen LogP contribution in [0, 0.1) is 0 Å². The highest BCUT2D eigenvalue weighted by atomic mass is 35.5. The lowest BCUT2D eigenvalue weighted by Crippen LogP contribution is -2.24. The number of nitrogens with zero attached hydrogens (tertiary/aromatic N) is 2. The number of fused-ring (bicyclic) bond motifs is 1. The first kappa shape index (κ1) is 12.4. The summed E-state index contributed by atoms with van der Waals surface area (Å²) in [7, 11) is 0. The summed E-state index contributed by atoms with van der Waals surface area (Å²) in [5.74, 6) is 0.956. The fourth-order valence-corrected chi connectivity index (χ4v) is 2.52. The Labute approximate surface area is 119 Å². The minimum atomic E-state index is -0.153. The molecule has 0 aliphatic carbocycles. The van der Waals surface area contributed by atoms with Gasteiger partial charge in [-0.15, -0.1) is 0 Å². The summed E-state index contributed by atoms with van der Waals surface area (Å²) in [6.45, 7) is 0.810. The highest BCUT2D eigenvalue weighted by Crippen LogP contribution is 2.26. The van der Waals surface area contributed by atoms with Crippen LogP contribution >= 0.6 is 23.2 Å². The SMILES string of the molecule is O=c1[nH]c(-c2ncc(Cl)cc2Cl)nc2c1CCCN2. The van der Waals surface area contributed by atoms with Gasteiger partial charge in [-0.25, -0.2) is 9.97 Å². The van der Waals surface area contributed by atoms with E-state index in [1.165, 1.54) is 6.20 Å². The molecule has 0 atom stereocenters. The van der Waals surface area contributed by atoms with E-state index in [4.69, 9.17) is 23.2 Å². The number of nitrogens with one attached hydrogen (secondary N) is 2. The molecule has 0 saturated carbocycles. The molecule has 1 aliphatic rings. The zero-order chi connectivity index (χ0) is 13.4. The Bertz CT molecular complexity index is 699. The van der Waals surface area contributed by atoms with E-state index in [0.717, 1.165) is 19.4 Å². The Morgan fingerprint density at radius 3 is 2.95 bits per heavy atom. The van der Waals surface area contributed by atoms with Crippen LogP contribution in [0.15, 0.2) is 17.1 Å². The summed E-state index contributed by atoms with van der Waals surface area (Å²) >= 11 is 11.9. The predicted octanol–water partition coefficient (Wildman–Crippen LogP) is 2.50. The molecule has 5 nitrogen and oxygen atoms in total. The molecule has 0 aromatic carbocycles. The topological polar surface area (TPSA) is 70.7 Å². The lowest BCUT2D eigenvalue weighted by molar-refractivity contribution is 0.799. The first-order valence-electron chi connectivity index (χ1n) is 5.83. The van der Waals surface area contributed by atoms with E-state index < -0.39 is 0 Å². The lowest BCUT2D eigenvalue weighted by Gasteiger charge is -2.16. The number of hydrogen-bond acceptors (Lipinski definition) is 4. The molecule has 2 aromatic rings. The molecular weight excluding hydrogens is 287 g/mol. The van der Waals surface area contributed by atoms with Crippen molar-refractivity contribution in [1.29, 1.82) is 0 Å². The van der Waals surface area contributed by atoms with Crippen molar-refractivity contribution in [2.75, 3.05) is 11.9 Å². The summed E-state index contributed by atoms with van der Waals surface area (Å²) in [5.41, 5.74) is 0.943. The third kappa shape index (κ3) is 2.31. The van der Waals surface area contributed by atoms with Crippen LogP contribution in [0.4, 0.5) is 5.82 Å². The van der Waals surface area contributed by atoms with Crippen LogP contribution in [-0.2, 0) is 6.42 Å². The largest absolute Gasteiger partial charge is 0.370 e. The minimum absolute atomic E-state index is 0.153. The van der Waals surface area contributed by atoms with Gasteiger partial charge in [0.1, 0.15) is 11.5 Å². The van der Waals surface area contributed by atoms with E-state index >= 15 is 0 Å². The molecule has 0 bridgehead atoms. The van der Waals surface area contributed by atoms with Gasteiger partial charge in [-0.3, -0.25) is 4.79 Å². The molecule has 0 fully saturated rings. The normalized spacial score (nSPS) is 13.8. The van der Waals surface area contributed by atoms with Gasteiger partial charge in [0, 0.05) is 12.7 Å². The Hall–Kier alpha value is -1.59. The fourth-order valence-electron chi connectivity index (χ4n) is 2.05. The third-order valence-corrected chi connectivity index (χ3v) is 3.44. The van der Waals surface area contributed by atoms with Gasteiger partial charge in [-0.2, -0.15) is 0 Å². The maximum atomic E-state index is 12.0. The molecule has 19 heavy (non-hydrogen) atoms. The molecule has 0 radical (unpaired) electrons. The molecule has 3 heterocycles. The van der Waals surface area contributed by atoms with Crippen molar-refractivity contribution in [1.82, 2.24) is 15.0 Å². The molecule has 7 heteroatoms. The molecule has 1 aliphatic heterocycles. The van der Waals surface area contributed by atoms with Crippen molar-refractivity contribution in [2.24, 2.45) is 0 Å². The number of H-pyrrole nitrogens is 1. The van der Waals surface area contributed by atoms with Crippen LogP contribution in [0.5, 0.6) is 0 Å². The van der Waals surface area contributed by atoms with E-state index in [1.54, 1.807) is 6.07 Å². The van der Waals surface area contributed by atoms with Crippen molar-refractivity contribution in [3.8, 4) is 11.5 Å². The first-order valence-corrected chi connectivity index (χ1v) is 6.59. The first-order chi connectivity index (χ1) is 9.15. The number of hydrogen-bond donors (Lipinski definition) is 2. The fraction of sp³-hybridized carbons (Fsp3) is 0.250. The molecule has 2 aromatic heterocycles. The van der Waals surface area contributed by atoms with E-state index in [0.29, 0.717) is 32.9 Å². The average Bonchev–Trinajstić information content (AvgIpc) is 2.38. The van der Waals surface area contributed by atoms with Crippen molar-refractivity contribution in [3.05, 3.63) is 38.2 Å². The molecule has 0 amide bonds. The molecule has 3 rings (SSSR count). The number of aromatic amines is 1. The van der Waals surface area contributed by atoms with Gasteiger partial charge >= 0.3 is 0 Å². The van der Waals surface area contributed by atoms with Gasteiger partial charge in [0.25, 0.3) is 5.56 Å². The second-order valence-corrected chi connectivity index (χ2v) is 5.10. The smallest absolute Gasteiger partial charge is 0.256 e. The highest BCUT2D eigenvalue weighted by Gasteiger charge is 2.17. The lowest BCUT2D eigenvalue weighted by atomic mass is 10.1. The summed E-state index contributed by atoms with van der Waals surface area (Å²) in [4.78, 5) is 23.2. The Morgan fingerprint density at radius 2 is 2.16 bits per heavy atom. The number of rotatable bonds is 1. The van der Waals surface area contributed by atoms with Crippen LogP contribution in [0.3, 0.4) is 0 Å². The van der Waals surface area contributed by atoms with Crippen molar-refractivity contribution < 1.29 is 0 Å². The Balaban J connectivity index is 2.15. The zero-order valence-electron chi connectivity index (χ0n) is 9.83. The van der Waals surface area contributed by atoms with Crippen molar-refractivity contribution in [3.63, 3.8) is 0 Å². The van der Waals surface area contributed by atoms with Gasteiger partial charge in [-0.1, -0.05) is 23.2 Å². The van der Waals surface area contributed by atoms with Gasteiger partial charge in [0.05, 0.1) is 15.6 Å². The van der Waals surface area contributed by atoms with Gasteiger partial charge in [0.2, 0.25) is 0 Å². The Kier molecular flexibility index (Phi) is 3.16. The van der Waals surface area contributed by atoms with Crippen molar-refractivity contribution >= 4 is 29.0 Å². The Morgan fingerprint density at radius 1 is 1.32 bits per heavy atom. The van der Waals surface area contributed by atoms with E-state index in [-0.39, 0.29) is 5.56 Å². The monoisotopic (exact) mass is 296 g/mol. The summed E-state index contributed by atoms with van der Waals surface area (Å²) in [6.07, 6.45) is 3.12. The van der Waals surface area contributed by atoms with E-state index in [9.17, 15) is 4.79 Å². The van der Waals surface area contributed by atoms with Crippen LogP contribution in [0.25, 0.3) is 11.5 Å². The maximum Gasteiger partial charge on any atom is 0.256 e. The maximum absolute atomic E-state index is 12.0. The quantitative estimate of drug-likeness (QED) is 0.848.